The maximum Gasteiger partial charge on any atom is 0.191 e. The maximum atomic E-state index is 4.44. The van der Waals surface area contributed by atoms with Crippen molar-refractivity contribution in [2.45, 2.75) is 45.8 Å². The first-order chi connectivity index (χ1) is 14.2. The van der Waals surface area contributed by atoms with E-state index in [2.05, 4.69) is 68.4 Å². The van der Waals surface area contributed by atoms with Crippen LogP contribution in [-0.2, 0) is 13.1 Å². The fraction of sp³-hybridized carbons (Fsp3) is 0.696. The molecule has 2 fully saturated rings. The monoisotopic (exact) mass is 528 g/mol. The van der Waals surface area contributed by atoms with Gasteiger partial charge in [0.15, 0.2) is 5.96 Å². The van der Waals surface area contributed by atoms with Crippen LogP contribution in [0.3, 0.4) is 0 Å². The zero-order valence-corrected chi connectivity index (χ0v) is 21.4. The average Bonchev–Trinajstić information content (AvgIpc) is 3.23. The Labute approximate surface area is 200 Å². The summed E-state index contributed by atoms with van der Waals surface area (Å²) in [6.45, 7) is 15.5. The maximum absolute atomic E-state index is 4.44. The lowest BCUT2D eigenvalue weighted by molar-refractivity contribution is 0.131. The lowest BCUT2D eigenvalue weighted by atomic mass is 10.1. The van der Waals surface area contributed by atoms with Gasteiger partial charge in [0.2, 0.25) is 0 Å². The first kappa shape index (κ1) is 25.4. The number of guanidine groups is 1. The highest BCUT2D eigenvalue weighted by Crippen LogP contribution is 2.16. The van der Waals surface area contributed by atoms with Crippen molar-refractivity contribution in [3.05, 3.63) is 35.4 Å². The van der Waals surface area contributed by atoms with Gasteiger partial charge in [0.05, 0.1) is 0 Å². The zero-order chi connectivity index (χ0) is 20.5. The van der Waals surface area contributed by atoms with Crippen LogP contribution < -0.4 is 10.6 Å². The lowest BCUT2D eigenvalue weighted by Crippen LogP contribution is -2.46. The van der Waals surface area contributed by atoms with Gasteiger partial charge in [-0.1, -0.05) is 38.1 Å². The van der Waals surface area contributed by atoms with Gasteiger partial charge in [-0.25, -0.2) is 0 Å². The molecular formula is C23H41IN6. The summed E-state index contributed by atoms with van der Waals surface area (Å²) in [5.41, 5.74) is 2.79. The molecule has 0 spiro atoms. The number of aliphatic imine (C=N–C) groups is 1. The molecule has 0 radical (unpaired) electrons. The Morgan fingerprint density at radius 3 is 2.33 bits per heavy atom. The van der Waals surface area contributed by atoms with Crippen molar-refractivity contribution in [1.29, 1.82) is 0 Å². The first-order valence-corrected chi connectivity index (χ1v) is 11.4. The van der Waals surface area contributed by atoms with Gasteiger partial charge in [-0.05, 0) is 43.6 Å². The van der Waals surface area contributed by atoms with Crippen LogP contribution in [0, 0.1) is 0 Å². The van der Waals surface area contributed by atoms with E-state index in [0.29, 0.717) is 6.04 Å². The van der Waals surface area contributed by atoms with E-state index in [1.165, 1.54) is 43.6 Å². The van der Waals surface area contributed by atoms with Crippen molar-refractivity contribution >= 4 is 29.9 Å². The van der Waals surface area contributed by atoms with Crippen LogP contribution >= 0.6 is 24.0 Å². The average molecular weight is 529 g/mol. The van der Waals surface area contributed by atoms with Gasteiger partial charge in [0.1, 0.15) is 0 Å². The number of likely N-dealkylation sites (tertiary alicyclic amines) is 1. The van der Waals surface area contributed by atoms with Gasteiger partial charge in [0, 0.05) is 58.9 Å². The molecule has 0 saturated carbocycles. The molecule has 3 rings (SSSR count). The van der Waals surface area contributed by atoms with Crippen LogP contribution in [0.2, 0.25) is 0 Å². The molecule has 0 bridgehead atoms. The number of halogens is 1. The highest BCUT2D eigenvalue weighted by atomic mass is 127. The minimum atomic E-state index is 0. The van der Waals surface area contributed by atoms with Gasteiger partial charge in [-0.2, -0.15) is 0 Å². The molecule has 170 valence electrons. The minimum Gasteiger partial charge on any atom is -0.355 e. The Bertz CT molecular complexity index is 644. The third-order valence-electron chi connectivity index (χ3n) is 6.50. The third-order valence-corrected chi connectivity index (χ3v) is 6.50. The van der Waals surface area contributed by atoms with Crippen molar-refractivity contribution in [3.63, 3.8) is 0 Å². The molecule has 0 aliphatic carbocycles. The molecule has 2 aliphatic rings. The molecular weight excluding hydrogens is 487 g/mol. The molecule has 1 aromatic carbocycles. The second-order valence-electron chi connectivity index (χ2n) is 8.21. The molecule has 6 nitrogen and oxygen atoms in total. The van der Waals surface area contributed by atoms with Crippen LogP contribution in [0.4, 0.5) is 0 Å². The molecule has 0 aromatic heterocycles. The van der Waals surface area contributed by atoms with E-state index in [1.807, 2.05) is 7.05 Å². The number of nitrogens with one attached hydrogen (secondary N) is 2. The van der Waals surface area contributed by atoms with Gasteiger partial charge >= 0.3 is 0 Å². The zero-order valence-electron chi connectivity index (χ0n) is 19.1. The summed E-state index contributed by atoms with van der Waals surface area (Å²) < 4.78 is 0. The second kappa shape index (κ2) is 13.5. The van der Waals surface area contributed by atoms with Crippen molar-refractivity contribution in [3.8, 4) is 0 Å². The standard InChI is InChI=1S/C23H40N6.HI/c1-4-27-13-15-28(16-14-27)19-21-10-7-6-9-20(21)17-25-23(24-3)26-18-22-11-8-12-29(22)5-2;/h6-7,9-10,22H,4-5,8,11-19H2,1-3H3,(H2,24,25,26);1H. The third kappa shape index (κ3) is 7.35. The van der Waals surface area contributed by atoms with Crippen LogP contribution in [-0.4, -0.2) is 86.1 Å². The summed E-state index contributed by atoms with van der Waals surface area (Å²) >= 11 is 0. The highest BCUT2D eigenvalue weighted by Gasteiger charge is 2.22. The number of piperazine rings is 1. The number of likely N-dealkylation sites (N-methyl/N-ethyl adjacent to an activating group) is 2. The van der Waals surface area contributed by atoms with Crippen molar-refractivity contribution in [2.24, 2.45) is 4.99 Å². The summed E-state index contributed by atoms with van der Waals surface area (Å²) in [6.07, 6.45) is 2.60. The Morgan fingerprint density at radius 2 is 1.67 bits per heavy atom. The van der Waals surface area contributed by atoms with E-state index in [-0.39, 0.29) is 24.0 Å². The SMILES string of the molecule is CCN1CCN(Cc2ccccc2CNC(=NC)NCC2CCCN2CC)CC1.I. The molecule has 7 heteroatoms. The van der Waals surface area contributed by atoms with Gasteiger partial charge in [-0.15, -0.1) is 24.0 Å². The first-order valence-electron chi connectivity index (χ1n) is 11.4. The Morgan fingerprint density at radius 1 is 0.967 bits per heavy atom. The number of hydrogen-bond acceptors (Lipinski definition) is 4. The van der Waals surface area contributed by atoms with E-state index >= 15 is 0 Å². The molecule has 2 N–H and O–H groups in total. The summed E-state index contributed by atoms with van der Waals surface area (Å²) in [5.74, 6) is 0.902. The normalized spacial score (nSPS) is 21.4. The van der Waals surface area contributed by atoms with E-state index < -0.39 is 0 Å². The van der Waals surface area contributed by atoms with Gasteiger partial charge in [-0.3, -0.25) is 14.8 Å². The van der Waals surface area contributed by atoms with E-state index in [1.54, 1.807) is 0 Å². The van der Waals surface area contributed by atoms with Gasteiger partial charge in [0.25, 0.3) is 0 Å². The number of hydrogen-bond donors (Lipinski definition) is 2. The fourth-order valence-electron chi connectivity index (χ4n) is 4.55. The number of nitrogens with zero attached hydrogens (tertiary/aromatic N) is 4. The highest BCUT2D eigenvalue weighted by molar-refractivity contribution is 14.0. The van der Waals surface area contributed by atoms with Gasteiger partial charge < -0.3 is 15.5 Å². The summed E-state index contributed by atoms with van der Waals surface area (Å²) in [6, 6.07) is 9.45. The lowest BCUT2D eigenvalue weighted by Gasteiger charge is -2.34. The van der Waals surface area contributed by atoms with Crippen molar-refractivity contribution in [1.82, 2.24) is 25.3 Å². The van der Waals surface area contributed by atoms with Crippen molar-refractivity contribution < 1.29 is 0 Å². The molecule has 2 aliphatic heterocycles. The molecule has 2 heterocycles. The van der Waals surface area contributed by atoms with Crippen LogP contribution in [0.1, 0.15) is 37.8 Å². The summed E-state index contributed by atoms with van der Waals surface area (Å²) in [5, 5.41) is 7.07. The van der Waals surface area contributed by atoms with Crippen LogP contribution in [0.5, 0.6) is 0 Å². The van der Waals surface area contributed by atoms with E-state index in [9.17, 15) is 0 Å². The van der Waals surface area contributed by atoms with Crippen LogP contribution in [0.25, 0.3) is 0 Å². The predicted molar refractivity (Wildman–Crippen MR) is 138 cm³/mol. The van der Waals surface area contributed by atoms with E-state index in [4.69, 9.17) is 0 Å². The molecule has 1 atom stereocenters. The smallest absolute Gasteiger partial charge is 0.191 e. The molecule has 0 amide bonds. The molecule has 2 saturated heterocycles. The quantitative estimate of drug-likeness (QED) is 0.309. The van der Waals surface area contributed by atoms with Crippen LogP contribution in [0.15, 0.2) is 29.3 Å². The summed E-state index contributed by atoms with van der Waals surface area (Å²) in [4.78, 5) is 12.1. The Balaban J connectivity index is 0.00000320. The fourth-order valence-corrected chi connectivity index (χ4v) is 4.55. The second-order valence-corrected chi connectivity index (χ2v) is 8.21. The largest absolute Gasteiger partial charge is 0.355 e. The Kier molecular flexibility index (Phi) is 11.4. The van der Waals surface area contributed by atoms with Crippen molar-refractivity contribution in [2.75, 3.05) is 59.4 Å². The molecule has 1 unspecified atom stereocenters. The molecule has 1 aromatic rings. The minimum absolute atomic E-state index is 0. The Hall–Kier alpha value is -0.900. The topological polar surface area (TPSA) is 46.1 Å². The number of benzene rings is 1. The molecule has 30 heavy (non-hydrogen) atoms. The predicted octanol–water partition coefficient (Wildman–Crippen LogP) is 2.59. The summed E-state index contributed by atoms with van der Waals surface area (Å²) in [7, 11) is 1.86. The van der Waals surface area contributed by atoms with E-state index in [0.717, 1.165) is 51.8 Å². The number of rotatable bonds is 8.